The van der Waals surface area contributed by atoms with Gasteiger partial charge in [-0.05, 0) is 31.2 Å². The predicted octanol–water partition coefficient (Wildman–Crippen LogP) is 2.63. The highest BCUT2D eigenvalue weighted by molar-refractivity contribution is 6.09. The third kappa shape index (κ3) is 1.35. The molecule has 0 bridgehead atoms. The zero-order valence-corrected chi connectivity index (χ0v) is 10.7. The molecule has 92 valence electrons. The van der Waals surface area contributed by atoms with Crippen molar-refractivity contribution < 1.29 is 4.74 Å². The second kappa shape index (κ2) is 3.63. The van der Waals surface area contributed by atoms with Crippen molar-refractivity contribution in [2.24, 2.45) is 7.05 Å². The van der Waals surface area contributed by atoms with Crippen LogP contribution in [0.2, 0.25) is 0 Å². The molecule has 4 nitrogen and oxygen atoms in total. The molecule has 0 unspecified atom stereocenters. The van der Waals surface area contributed by atoms with Gasteiger partial charge in [-0.25, -0.2) is 4.98 Å². The summed E-state index contributed by atoms with van der Waals surface area (Å²) in [5.74, 6) is 1.40. The monoisotopic (exact) mass is 241 g/mol. The molecule has 0 spiro atoms. The Morgan fingerprint density at radius 1 is 1.22 bits per heavy atom. The Morgan fingerprint density at radius 2 is 2.00 bits per heavy atom. The van der Waals surface area contributed by atoms with Crippen LogP contribution in [0, 0.1) is 6.92 Å². The van der Waals surface area contributed by atoms with Gasteiger partial charge in [-0.15, -0.1) is 0 Å². The first-order valence-corrected chi connectivity index (χ1v) is 5.81. The van der Waals surface area contributed by atoms with E-state index in [0.29, 0.717) is 5.82 Å². The van der Waals surface area contributed by atoms with E-state index in [1.807, 2.05) is 32.2 Å². The number of hydrogen-bond donors (Lipinski definition) is 1. The maximum atomic E-state index is 5.84. The van der Waals surface area contributed by atoms with Gasteiger partial charge >= 0.3 is 0 Å². The zero-order valence-electron chi connectivity index (χ0n) is 10.7. The zero-order chi connectivity index (χ0) is 12.9. The summed E-state index contributed by atoms with van der Waals surface area (Å²) in [7, 11) is 3.72. The summed E-state index contributed by atoms with van der Waals surface area (Å²) in [5, 5.41) is 2.26. The number of fused-ring (bicyclic) bond motifs is 3. The van der Waals surface area contributed by atoms with E-state index in [0.717, 1.165) is 33.2 Å². The van der Waals surface area contributed by atoms with E-state index in [1.54, 1.807) is 7.11 Å². The Labute approximate surface area is 105 Å². The van der Waals surface area contributed by atoms with Gasteiger partial charge in [0, 0.05) is 23.3 Å². The maximum absolute atomic E-state index is 5.84. The van der Waals surface area contributed by atoms with Gasteiger partial charge in [-0.2, -0.15) is 0 Å². The van der Waals surface area contributed by atoms with Crippen molar-refractivity contribution in [3.63, 3.8) is 0 Å². The average molecular weight is 241 g/mol. The topological polar surface area (TPSA) is 53.1 Å². The lowest BCUT2D eigenvalue weighted by atomic mass is 10.1. The fourth-order valence-electron chi connectivity index (χ4n) is 2.59. The van der Waals surface area contributed by atoms with Crippen LogP contribution in [0.4, 0.5) is 5.82 Å². The van der Waals surface area contributed by atoms with Crippen LogP contribution in [0.5, 0.6) is 5.75 Å². The summed E-state index contributed by atoms with van der Waals surface area (Å²) in [5.41, 5.74) is 9.06. The number of ether oxygens (including phenoxy) is 1. The highest BCUT2D eigenvalue weighted by Crippen LogP contribution is 2.32. The minimum Gasteiger partial charge on any atom is -0.497 e. The minimum atomic E-state index is 0.551. The molecule has 2 N–H and O–H groups in total. The van der Waals surface area contributed by atoms with Crippen molar-refractivity contribution in [2.75, 3.05) is 12.8 Å². The Hall–Kier alpha value is -2.23. The first-order valence-electron chi connectivity index (χ1n) is 5.81. The Kier molecular flexibility index (Phi) is 2.20. The molecular weight excluding hydrogens is 226 g/mol. The van der Waals surface area contributed by atoms with Crippen LogP contribution in [-0.4, -0.2) is 16.7 Å². The fourth-order valence-corrected chi connectivity index (χ4v) is 2.59. The van der Waals surface area contributed by atoms with E-state index in [2.05, 4.69) is 15.6 Å². The van der Waals surface area contributed by atoms with Crippen LogP contribution >= 0.6 is 0 Å². The summed E-state index contributed by atoms with van der Waals surface area (Å²) in [6, 6.07) is 7.98. The Morgan fingerprint density at radius 3 is 2.72 bits per heavy atom. The molecule has 2 aromatic heterocycles. The van der Waals surface area contributed by atoms with Crippen molar-refractivity contribution in [2.45, 2.75) is 6.92 Å². The second-order valence-corrected chi connectivity index (χ2v) is 4.47. The summed E-state index contributed by atoms with van der Waals surface area (Å²) in [6.45, 7) is 1.98. The van der Waals surface area contributed by atoms with Crippen molar-refractivity contribution in [1.82, 2.24) is 9.55 Å². The number of methoxy groups -OCH3 is 1. The lowest BCUT2D eigenvalue weighted by Gasteiger charge is -2.01. The third-order valence-electron chi connectivity index (χ3n) is 3.38. The average Bonchev–Trinajstić information content (AvgIpc) is 2.62. The molecule has 4 heteroatoms. The van der Waals surface area contributed by atoms with E-state index in [4.69, 9.17) is 10.5 Å². The number of pyridine rings is 1. The Bertz CT molecular complexity index is 759. The molecule has 0 radical (unpaired) electrons. The molecule has 0 fully saturated rings. The lowest BCUT2D eigenvalue weighted by molar-refractivity contribution is 0.415. The normalized spacial score (nSPS) is 11.3. The molecule has 2 heterocycles. The SMILES string of the molecule is COc1ccc2c(c1)c1cc(N)nc(C)c1n2C. The number of aryl methyl sites for hydroxylation is 2. The third-order valence-corrected chi connectivity index (χ3v) is 3.38. The standard InChI is InChI=1S/C14H15N3O/c1-8-14-11(7-13(15)16-8)10-6-9(18-3)4-5-12(10)17(14)2/h4-7H,1-3H3,(H2,15,16). The number of benzene rings is 1. The van der Waals surface area contributed by atoms with Gasteiger partial charge in [0.25, 0.3) is 0 Å². The van der Waals surface area contributed by atoms with Crippen molar-refractivity contribution in [3.8, 4) is 5.75 Å². The summed E-state index contributed by atoms with van der Waals surface area (Å²) >= 11 is 0. The largest absolute Gasteiger partial charge is 0.497 e. The molecule has 0 atom stereocenters. The van der Waals surface area contributed by atoms with Gasteiger partial charge in [0.15, 0.2) is 0 Å². The Balaban J connectivity index is 2.55. The number of nitrogen functional groups attached to an aromatic ring is 1. The van der Waals surface area contributed by atoms with Crippen LogP contribution in [0.15, 0.2) is 24.3 Å². The summed E-state index contributed by atoms with van der Waals surface area (Å²) < 4.78 is 7.43. The number of nitrogens with two attached hydrogens (primary N) is 1. The van der Waals surface area contributed by atoms with Gasteiger partial charge in [-0.1, -0.05) is 0 Å². The lowest BCUT2D eigenvalue weighted by Crippen LogP contribution is -1.95. The van der Waals surface area contributed by atoms with Crippen molar-refractivity contribution in [1.29, 1.82) is 0 Å². The first kappa shape index (κ1) is 10.9. The van der Waals surface area contributed by atoms with E-state index < -0.39 is 0 Å². The molecular formula is C14H15N3O. The van der Waals surface area contributed by atoms with Gasteiger partial charge < -0.3 is 15.0 Å². The van der Waals surface area contributed by atoms with Crippen LogP contribution in [0.1, 0.15) is 5.69 Å². The molecule has 0 amide bonds. The molecule has 3 rings (SSSR count). The molecule has 1 aromatic carbocycles. The maximum Gasteiger partial charge on any atom is 0.124 e. The summed E-state index contributed by atoms with van der Waals surface area (Å²) in [6.07, 6.45) is 0. The van der Waals surface area contributed by atoms with Crippen molar-refractivity contribution in [3.05, 3.63) is 30.0 Å². The highest BCUT2D eigenvalue weighted by atomic mass is 16.5. The van der Waals surface area contributed by atoms with Crippen LogP contribution in [0.25, 0.3) is 21.8 Å². The quantitative estimate of drug-likeness (QED) is 0.712. The number of anilines is 1. The molecule has 18 heavy (non-hydrogen) atoms. The fraction of sp³-hybridized carbons (Fsp3) is 0.214. The number of nitrogens with zero attached hydrogens (tertiary/aromatic N) is 2. The molecule has 0 aliphatic heterocycles. The highest BCUT2D eigenvalue weighted by Gasteiger charge is 2.12. The molecule has 0 aliphatic rings. The van der Waals surface area contributed by atoms with E-state index in [1.165, 1.54) is 0 Å². The van der Waals surface area contributed by atoms with Crippen LogP contribution in [-0.2, 0) is 7.05 Å². The van der Waals surface area contributed by atoms with Crippen LogP contribution < -0.4 is 10.5 Å². The summed E-state index contributed by atoms with van der Waals surface area (Å²) in [4.78, 5) is 4.33. The first-order chi connectivity index (χ1) is 8.61. The van der Waals surface area contributed by atoms with Gasteiger partial charge in [0.1, 0.15) is 11.6 Å². The smallest absolute Gasteiger partial charge is 0.124 e. The number of aromatic nitrogens is 2. The minimum absolute atomic E-state index is 0.551. The predicted molar refractivity (Wildman–Crippen MR) is 73.9 cm³/mol. The van der Waals surface area contributed by atoms with Gasteiger partial charge in [0.2, 0.25) is 0 Å². The van der Waals surface area contributed by atoms with E-state index in [9.17, 15) is 0 Å². The molecule has 0 saturated heterocycles. The number of rotatable bonds is 1. The molecule has 0 aliphatic carbocycles. The van der Waals surface area contributed by atoms with E-state index >= 15 is 0 Å². The van der Waals surface area contributed by atoms with Gasteiger partial charge in [-0.3, -0.25) is 0 Å². The van der Waals surface area contributed by atoms with Crippen LogP contribution in [0.3, 0.4) is 0 Å². The molecule has 0 saturated carbocycles. The second-order valence-electron chi connectivity index (χ2n) is 4.47. The van der Waals surface area contributed by atoms with Gasteiger partial charge in [0.05, 0.1) is 18.3 Å². The number of hydrogen-bond acceptors (Lipinski definition) is 3. The van der Waals surface area contributed by atoms with Crippen molar-refractivity contribution >= 4 is 27.6 Å². The van der Waals surface area contributed by atoms with E-state index in [-0.39, 0.29) is 0 Å². The molecule has 3 aromatic rings.